The number of amides is 1. The van der Waals surface area contributed by atoms with Gasteiger partial charge in [0, 0.05) is 19.7 Å². The Labute approximate surface area is 108 Å². The minimum Gasteiger partial charge on any atom is -0.383 e. The van der Waals surface area contributed by atoms with Gasteiger partial charge in [0.15, 0.2) is 0 Å². The molecular formula is C12H23N3O3. The molecule has 0 aromatic carbocycles. The van der Waals surface area contributed by atoms with Crippen LogP contribution >= 0.6 is 0 Å². The minimum atomic E-state index is -0.311. The lowest BCUT2D eigenvalue weighted by atomic mass is 9.89. The Morgan fingerprint density at radius 3 is 3.06 bits per heavy atom. The van der Waals surface area contributed by atoms with E-state index in [0.29, 0.717) is 19.3 Å². The molecule has 1 aliphatic carbocycles. The van der Waals surface area contributed by atoms with Crippen molar-refractivity contribution in [2.75, 3.05) is 26.9 Å². The Morgan fingerprint density at radius 1 is 1.56 bits per heavy atom. The van der Waals surface area contributed by atoms with Crippen molar-refractivity contribution in [1.82, 2.24) is 10.3 Å². The van der Waals surface area contributed by atoms with E-state index in [9.17, 15) is 4.79 Å². The maximum atomic E-state index is 11.9. The van der Waals surface area contributed by atoms with Gasteiger partial charge in [-0.2, -0.15) is 0 Å². The van der Waals surface area contributed by atoms with Crippen molar-refractivity contribution >= 4 is 5.91 Å². The predicted molar refractivity (Wildman–Crippen MR) is 66.7 cm³/mol. The van der Waals surface area contributed by atoms with Gasteiger partial charge >= 0.3 is 0 Å². The molecule has 1 saturated heterocycles. The number of carbonyl (C=O) groups excluding carboxylic acids is 1. The molecule has 18 heavy (non-hydrogen) atoms. The highest BCUT2D eigenvalue weighted by molar-refractivity contribution is 5.81. The standard InChI is InChI=1S/C12H23N3O3/c1-17-8-10(12(16)14-13)15-6-7-18-11-5-3-2-4-9(11)15/h9-11H,2-8,13H2,1H3,(H,14,16). The molecule has 2 fully saturated rings. The van der Waals surface area contributed by atoms with Crippen LogP contribution in [-0.2, 0) is 14.3 Å². The van der Waals surface area contributed by atoms with E-state index in [4.69, 9.17) is 15.3 Å². The summed E-state index contributed by atoms with van der Waals surface area (Å²) < 4.78 is 11.0. The molecule has 3 atom stereocenters. The monoisotopic (exact) mass is 257 g/mol. The molecule has 0 spiro atoms. The number of hydrogen-bond donors (Lipinski definition) is 2. The average molecular weight is 257 g/mol. The third-order valence-corrected chi connectivity index (χ3v) is 3.94. The molecule has 6 heteroatoms. The quantitative estimate of drug-likeness (QED) is 0.408. The summed E-state index contributed by atoms with van der Waals surface area (Å²) in [5, 5.41) is 0. The van der Waals surface area contributed by atoms with Gasteiger partial charge in [0.25, 0.3) is 5.91 Å². The second kappa shape index (κ2) is 6.47. The highest BCUT2D eigenvalue weighted by Gasteiger charge is 2.39. The maximum Gasteiger partial charge on any atom is 0.253 e. The summed E-state index contributed by atoms with van der Waals surface area (Å²) >= 11 is 0. The first kappa shape index (κ1) is 13.7. The Balaban J connectivity index is 2.09. The Morgan fingerprint density at radius 2 is 2.33 bits per heavy atom. The van der Waals surface area contributed by atoms with Gasteiger partial charge in [0.05, 0.1) is 19.3 Å². The summed E-state index contributed by atoms with van der Waals surface area (Å²) in [6, 6.07) is 0.0134. The lowest BCUT2D eigenvalue weighted by Gasteiger charge is -2.46. The summed E-state index contributed by atoms with van der Waals surface area (Å²) in [4.78, 5) is 14.1. The van der Waals surface area contributed by atoms with Crippen molar-refractivity contribution < 1.29 is 14.3 Å². The van der Waals surface area contributed by atoms with Crippen molar-refractivity contribution in [3.8, 4) is 0 Å². The fourth-order valence-electron chi connectivity index (χ4n) is 3.09. The zero-order chi connectivity index (χ0) is 13.0. The molecule has 2 rings (SSSR count). The van der Waals surface area contributed by atoms with Crippen molar-refractivity contribution in [3.63, 3.8) is 0 Å². The van der Waals surface area contributed by atoms with Crippen LogP contribution in [0, 0.1) is 0 Å². The van der Waals surface area contributed by atoms with Gasteiger partial charge in [-0.1, -0.05) is 12.8 Å². The first-order valence-electron chi connectivity index (χ1n) is 6.64. The molecule has 1 amide bonds. The van der Waals surface area contributed by atoms with Crippen LogP contribution in [0.3, 0.4) is 0 Å². The van der Waals surface area contributed by atoms with E-state index in [0.717, 1.165) is 19.4 Å². The fourth-order valence-corrected chi connectivity index (χ4v) is 3.09. The summed E-state index contributed by atoms with van der Waals surface area (Å²) in [6.07, 6.45) is 4.85. The van der Waals surface area contributed by atoms with Gasteiger partial charge in [-0.25, -0.2) is 5.84 Å². The molecule has 3 unspecified atom stereocenters. The number of rotatable bonds is 4. The molecule has 3 N–H and O–H groups in total. The fraction of sp³-hybridized carbons (Fsp3) is 0.917. The molecule has 0 aromatic heterocycles. The van der Waals surface area contributed by atoms with E-state index in [1.807, 2.05) is 0 Å². The number of nitrogens with one attached hydrogen (secondary N) is 1. The van der Waals surface area contributed by atoms with Crippen LogP contribution in [0.1, 0.15) is 25.7 Å². The van der Waals surface area contributed by atoms with Gasteiger partial charge in [-0.3, -0.25) is 15.1 Å². The van der Waals surface area contributed by atoms with E-state index in [1.54, 1.807) is 7.11 Å². The van der Waals surface area contributed by atoms with Crippen molar-refractivity contribution in [1.29, 1.82) is 0 Å². The lowest BCUT2D eigenvalue weighted by molar-refractivity contribution is -0.142. The average Bonchev–Trinajstić information content (AvgIpc) is 2.43. The zero-order valence-corrected chi connectivity index (χ0v) is 10.9. The number of ether oxygens (including phenoxy) is 2. The van der Waals surface area contributed by atoms with E-state index >= 15 is 0 Å². The minimum absolute atomic E-state index is 0.178. The van der Waals surface area contributed by atoms with E-state index in [-0.39, 0.29) is 18.1 Å². The highest BCUT2D eigenvalue weighted by Crippen LogP contribution is 2.29. The molecule has 104 valence electrons. The number of fused-ring (bicyclic) bond motifs is 1. The van der Waals surface area contributed by atoms with Gasteiger partial charge in [-0.05, 0) is 12.8 Å². The topological polar surface area (TPSA) is 76.8 Å². The second-order valence-corrected chi connectivity index (χ2v) is 4.98. The van der Waals surface area contributed by atoms with Crippen LogP contribution in [0.25, 0.3) is 0 Å². The number of nitrogens with two attached hydrogens (primary N) is 1. The molecule has 1 aliphatic heterocycles. The lowest BCUT2D eigenvalue weighted by Crippen LogP contribution is -2.61. The first-order valence-corrected chi connectivity index (χ1v) is 6.64. The molecule has 6 nitrogen and oxygen atoms in total. The number of hydrogen-bond acceptors (Lipinski definition) is 5. The Bertz CT molecular complexity index is 286. The number of morpholine rings is 1. The third kappa shape index (κ3) is 2.83. The van der Waals surface area contributed by atoms with Gasteiger partial charge < -0.3 is 9.47 Å². The maximum absolute atomic E-state index is 11.9. The zero-order valence-electron chi connectivity index (χ0n) is 10.9. The Kier molecular flexibility index (Phi) is 4.94. The molecule has 0 bridgehead atoms. The van der Waals surface area contributed by atoms with Crippen LogP contribution in [0.4, 0.5) is 0 Å². The van der Waals surface area contributed by atoms with Crippen molar-refractivity contribution in [2.45, 2.75) is 43.9 Å². The van der Waals surface area contributed by atoms with Gasteiger partial charge in [-0.15, -0.1) is 0 Å². The third-order valence-electron chi connectivity index (χ3n) is 3.94. The summed E-state index contributed by atoms with van der Waals surface area (Å²) in [7, 11) is 1.61. The first-order chi connectivity index (χ1) is 8.77. The number of carbonyl (C=O) groups is 1. The predicted octanol–water partition coefficient (Wildman–Crippen LogP) is -0.365. The highest BCUT2D eigenvalue weighted by atomic mass is 16.5. The largest absolute Gasteiger partial charge is 0.383 e. The molecule has 1 heterocycles. The van der Waals surface area contributed by atoms with E-state index < -0.39 is 0 Å². The van der Waals surface area contributed by atoms with Crippen LogP contribution in [0.2, 0.25) is 0 Å². The number of nitrogens with zero attached hydrogens (tertiary/aromatic N) is 1. The van der Waals surface area contributed by atoms with Crippen molar-refractivity contribution in [2.24, 2.45) is 5.84 Å². The van der Waals surface area contributed by atoms with Crippen molar-refractivity contribution in [3.05, 3.63) is 0 Å². The molecule has 1 saturated carbocycles. The van der Waals surface area contributed by atoms with Crippen LogP contribution in [-0.4, -0.2) is 55.9 Å². The van der Waals surface area contributed by atoms with Gasteiger partial charge in [0.1, 0.15) is 6.04 Å². The number of methoxy groups -OCH3 is 1. The SMILES string of the molecule is COCC(C(=O)NN)N1CCOC2CCCCC21. The van der Waals surface area contributed by atoms with Gasteiger partial charge in [0.2, 0.25) is 0 Å². The molecular weight excluding hydrogens is 234 g/mol. The summed E-state index contributed by atoms with van der Waals surface area (Å²) in [5.74, 6) is 5.09. The van der Waals surface area contributed by atoms with Crippen LogP contribution in [0.5, 0.6) is 0 Å². The van der Waals surface area contributed by atoms with Crippen LogP contribution < -0.4 is 11.3 Å². The molecule has 2 aliphatic rings. The normalized spacial score (nSPS) is 30.6. The summed E-state index contributed by atoms with van der Waals surface area (Å²) in [5.41, 5.74) is 2.24. The van der Waals surface area contributed by atoms with Crippen LogP contribution in [0.15, 0.2) is 0 Å². The molecule has 0 aromatic rings. The number of hydrazine groups is 1. The van der Waals surface area contributed by atoms with E-state index in [1.165, 1.54) is 12.8 Å². The second-order valence-electron chi connectivity index (χ2n) is 4.98. The van der Waals surface area contributed by atoms with E-state index in [2.05, 4.69) is 10.3 Å². The smallest absolute Gasteiger partial charge is 0.253 e. The molecule has 0 radical (unpaired) electrons. The summed E-state index contributed by atoms with van der Waals surface area (Å²) in [6.45, 7) is 1.81. The Hall–Kier alpha value is -0.690.